The van der Waals surface area contributed by atoms with Crippen LogP contribution in [0.25, 0.3) is 0 Å². The number of rotatable bonds is 2. The Hall–Kier alpha value is -0.550. The maximum atomic E-state index is 4.94. The van der Waals surface area contributed by atoms with Crippen LogP contribution in [-0.2, 0) is 0 Å². The van der Waals surface area contributed by atoms with Crippen molar-refractivity contribution < 1.29 is 4.42 Å². The van der Waals surface area contributed by atoms with Gasteiger partial charge in [-0.2, -0.15) is 0 Å². The van der Waals surface area contributed by atoms with Gasteiger partial charge in [0.2, 0.25) is 6.39 Å². The van der Waals surface area contributed by atoms with Gasteiger partial charge in [-0.05, 0) is 6.42 Å². The highest BCUT2D eigenvalue weighted by atomic mass is 32.2. The molecule has 0 unspecified atom stereocenters. The molecule has 0 atom stereocenters. The van der Waals surface area contributed by atoms with E-state index in [9.17, 15) is 0 Å². The fraction of sp³-hybridized carbons (Fsp3) is 0.600. The fourth-order valence-corrected chi connectivity index (χ4v) is 1.52. The predicted octanol–water partition coefficient (Wildman–Crippen LogP) is 0.782. The summed E-state index contributed by atoms with van der Waals surface area (Å²) in [5.41, 5.74) is 0. The summed E-state index contributed by atoms with van der Waals surface area (Å²) in [7, 11) is 0. The first kappa shape index (κ1) is 6.18. The fourth-order valence-electron chi connectivity index (χ4n) is 0.692. The highest BCUT2D eigenvalue weighted by Crippen LogP contribution is 2.24. The van der Waals surface area contributed by atoms with Crippen LogP contribution in [0.4, 0.5) is 0 Å². The quantitative estimate of drug-likeness (QED) is 0.593. The average Bonchev–Trinajstić information content (AvgIpc) is 2.29. The Morgan fingerprint density at radius 1 is 1.60 bits per heavy atom. The van der Waals surface area contributed by atoms with E-state index in [-0.39, 0.29) is 0 Å². The molecule has 2 rings (SSSR count). The third-order valence-electron chi connectivity index (χ3n) is 1.36. The average molecular weight is 157 g/mol. The Labute approximate surface area is 62.7 Å². The molecule has 0 N–H and O–H groups in total. The number of hydrogen-bond acceptors (Lipinski definition) is 5. The molecule has 0 spiro atoms. The van der Waals surface area contributed by atoms with Gasteiger partial charge in [-0.1, -0.05) is 0 Å². The van der Waals surface area contributed by atoms with Gasteiger partial charge in [0.05, 0.1) is 0 Å². The lowest BCUT2D eigenvalue weighted by Crippen LogP contribution is -2.30. The van der Waals surface area contributed by atoms with E-state index < -0.39 is 0 Å². The molecular formula is C5H7N3OS. The monoisotopic (exact) mass is 157 g/mol. The molecule has 2 heterocycles. The minimum Gasteiger partial charge on any atom is -0.418 e. The highest BCUT2D eigenvalue weighted by Gasteiger charge is 2.16. The first-order valence-electron chi connectivity index (χ1n) is 3.14. The standard InChI is InChI=1S/C5H7N3OS/c1-2-8(3-1)10-5-7-6-4-9-5/h4H,1-3H2. The van der Waals surface area contributed by atoms with Crippen LogP contribution in [0.3, 0.4) is 0 Å². The van der Waals surface area contributed by atoms with Crippen molar-refractivity contribution in [2.45, 2.75) is 11.6 Å². The van der Waals surface area contributed by atoms with Crippen LogP contribution in [-0.4, -0.2) is 27.6 Å². The summed E-state index contributed by atoms with van der Waals surface area (Å²) < 4.78 is 7.13. The molecule has 1 fully saturated rings. The summed E-state index contributed by atoms with van der Waals surface area (Å²) in [5, 5.41) is 7.95. The zero-order valence-electron chi connectivity index (χ0n) is 5.36. The van der Waals surface area contributed by atoms with Crippen LogP contribution < -0.4 is 0 Å². The second-order valence-electron chi connectivity index (χ2n) is 2.08. The Kier molecular flexibility index (Phi) is 1.60. The van der Waals surface area contributed by atoms with Crippen molar-refractivity contribution in [3.63, 3.8) is 0 Å². The minimum absolute atomic E-state index is 0.639. The molecule has 1 aliphatic rings. The van der Waals surface area contributed by atoms with E-state index >= 15 is 0 Å². The lowest BCUT2D eigenvalue weighted by Gasteiger charge is -2.26. The lowest BCUT2D eigenvalue weighted by molar-refractivity contribution is 0.334. The molecule has 0 aromatic carbocycles. The van der Waals surface area contributed by atoms with E-state index in [2.05, 4.69) is 14.5 Å². The third kappa shape index (κ3) is 1.15. The van der Waals surface area contributed by atoms with Crippen LogP contribution in [0.15, 0.2) is 16.0 Å². The van der Waals surface area contributed by atoms with Crippen molar-refractivity contribution in [3.05, 3.63) is 6.39 Å². The van der Waals surface area contributed by atoms with Crippen molar-refractivity contribution in [2.24, 2.45) is 0 Å². The van der Waals surface area contributed by atoms with Crippen molar-refractivity contribution in [1.29, 1.82) is 0 Å². The molecular weight excluding hydrogens is 150 g/mol. The summed E-state index contributed by atoms with van der Waals surface area (Å²) in [4.78, 5) is 0. The maximum absolute atomic E-state index is 4.94. The summed E-state index contributed by atoms with van der Waals surface area (Å²) in [6.07, 6.45) is 2.63. The highest BCUT2D eigenvalue weighted by molar-refractivity contribution is 7.96. The van der Waals surface area contributed by atoms with Crippen LogP contribution in [0.2, 0.25) is 0 Å². The van der Waals surface area contributed by atoms with Gasteiger partial charge in [0, 0.05) is 25.0 Å². The van der Waals surface area contributed by atoms with Gasteiger partial charge >= 0.3 is 0 Å². The van der Waals surface area contributed by atoms with Crippen molar-refractivity contribution in [1.82, 2.24) is 14.5 Å². The van der Waals surface area contributed by atoms with Gasteiger partial charge in [0.15, 0.2) is 0 Å². The summed E-state index contributed by atoms with van der Waals surface area (Å²) in [5.74, 6) is 0. The Balaban J connectivity index is 1.90. The summed E-state index contributed by atoms with van der Waals surface area (Å²) in [6.45, 7) is 2.26. The first-order valence-corrected chi connectivity index (χ1v) is 3.91. The van der Waals surface area contributed by atoms with E-state index in [1.807, 2.05) is 0 Å². The summed E-state index contributed by atoms with van der Waals surface area (Å²) >= 11 is 1.53. The molecule has 54 valence electrons. The minimum atomic E-state index is 0.639. The van der Waals surface area contributed by atoms with E-state index in [4.69, 9.17) is 4.42 Å². The molecule has 10 heavy (non-hydrogen) atoms. The Morgan fingerprint density at radius 2 is 2.50 bits per heavy atom. The molecule has 0 aliphatic carbocycles. The topological polar surface area (TPSA) is 42.2 Å². The second-order valence-corrected chi connectivity index (χ2v) is 3.13. The lowest BCUT2D eigenvalue weighted by atomic mass is 10.3. The number of nitrogens with zero attached hydrogens (tertiary/aromatic N) is 3. The first-order chi connectivity index (χ1) is 4.95. The van der Waals surface area contributed by atoms with Gasteiger partial charge in [-0.3, -0.25) is 0 Å². The van der Waals surface area contributed by atoms with Gasteiger partial charge in [0.1, 0.15) is 0 Å². The van der Waals surface area contributed by atoms with Crippen LogP contribution in [0.1, 0.15) is 6.42 Å². The third-order valence-corrected chi connectivity index (χ3v) is 2.32. The molecule has 0 saturated carbocycles. The molecule has 0 amide bonds. The Morgan fingerprint density at radius 3 is 3.00 bits per heavy atom. The maximum Gasteiger partial charge on any atom is 0.291 e. The summed E-state index contributed by atoms with van der Waals surface area (Å²) in [6, 6.07) is 0. The Bertz CT molecular complexity index is 197. The molecule has 1 aromatic heterocycles. The van der Waals surface area contributed by atoms with Gasteiger partial charge in [0.25, 0.3) is 5.22 Å². The second kappa shape index (κ2) is 2.59. The van der Waals surface area contributed by atoms with Crippen LogP contribution in [0, 0.1) is 0 Å². The molecule has 1 aliphatic heterocycles. The molecule has 1 aromatic rings. The van der Waals surface area contributed by atoms with E-state index in [1.165, 1.54) is 24.8 Å². The van der Waals surface area contributed by atoms with Gasteiger partial charge < -0.3 is 4.42 Å². The van der Waals surface area contributed by atoms with E-state index in [1.54, 1.807) is 0 Å². The zero-order valence-corrected chi connectivity index (χ0v) is 6.17. The van der Waals surface area contributed by atoms with E-state index in [0.717, 1.165) is 13.1 Å². The van der Waals surface area contributed by atoms with Crippen molar-refractivity contribution in [2.75, 3.05) is 13.1 Å². The van der Waals surface area contributed by atoms with Crippen molar-refractivity contribution in [3.8, 4) is 0 Å². The smallest absolute Gasteiger partial charge is 0.291 e. The normalized spacial score (nSPS) is 18.8. The molecule has 0 radical (unpaired) electrons. The number of hydrogen-bond donors (Lipinski definition) is 0. The van der Waals surface area contributed by atoms with Gasteiger partial charge in [-0.15, -0.1) is 10.2 Å². The predicted molar refractivity (Wildman–Crippen MR) is 36.3 cm³/mol. The van der Waals surface area contributed by atoms with E-state index in [0.29, 0.717) is 5.22 Å². The van der Waals surface area contributed by atoms with Crippen LogP contribution >= 0.6 is 11.9 Å². The molecule has 5 heteroatoms. The zero-order chi connectivity index (χ0) is 6.81. The molecule has 4 nitrogen and oxygen atoms in total. The van der Waals surface area contributed by atoms with Crippen molar-refractivity contribution >= 4 is 11.9 Å². The largest absolute Gasteiger partial charge is 0.418 e. The van der Waals surface area contributed by atoms with Crippen LogP contribution in [0.5, 0.6) is 0 Å². The number of aromatic nitrogens is 2. The SMILES string of the molecule is c1nnc(SN2CCC2)o1. The van der Waals surface area contributed by atoms with Gasteiger partial charge in [-0.25, -0.2) is 4.31 Å². The molecule has 1 saturated heterocycles. The molecule has 0 bridgehead atoms.